The van der Waals surface area contributed by atoms with Crippen LogP contribution in [-0.4, -0.2) is 6.21 Å². The van der Waals surface area contributed by atoms with Crippen LogP contribution in [0, 0.1) is 0 Å². The first-order valence-corrected chi connectivity index (χ1v) is 3.43. The second kappa shape index (κ2) is 6.14. The molecular formula is C5H8IN. The SMILES string of the molecule is CC/C=N\C=C/I. The van der Waals surface area contributed by atoms with Crippen molar-refractivity contribution in [3.8, 4) is 0 Å². The van der Waals surface area contributed by atoms with E-state index in [0.29, 0.717) is 0 Å². The van der Waals surface area contributed by atoms with Crippen LogP contribution in [0.5, 0.6) is 0 Å². The molecule has 0 aliphatic carbocycles. The predicted octanol–water partition coefficient (Wildman–Crippen LogP) is 2.37. The molecule has 0 atom stereocenters. The Morgan fingerprint density at radius 1 is 1.71 bits per heavy atom. The Bertz CT molecular complexity index is 76.1. The fourth-order valence-corrected chi connectivity index (χ4v) is 0.384. The third-order valence-corrected chi connectivity index (χ3v) is 0.752. The van der Waals surface area contributed by atoms with Crippen molar-refractivity contribution >= 4 is 28.8 Å². The van der Waals surface area contributed by atoms with Gasteiger partial charge in [-0.3, -0.25) is 4.99 Å². The van der Waals surface area contributed by atoms with Gasteiger partial charge >= 0.3 is 0 Å². The molecule has 0 heterocycles. The van der Waals surface area contributed by atoms with Gasteiger partial charge in [0.25, 0.3) is 0 Å². The Kier molecular flexibility index (Phi) is 6.26. The molecule has 0 aliphatic rings. The van der Waals surface area contributed by atoms with Gasteiger partial charge in [-0.25, -0.2) is 0 Å². The minimum absolute atomic E-state index is 1.01. The predicted molar refractivity (Wildman–Crippen MR) is 41.9 cm³/mol. The lowest BCUT2D eigenvalue weighted by Gasteiger charge is -1.70. The molecule has 0 radical (unpaired) electrons. The van der Waals surface area contributed by atoms with Gasteiger partial charge in [-0.05, 0) is 10.5 Å². The van der Waals surface area contributed by atoms with Crippen LogP contribution < -0.4 is 0 Å². The Morgan fingerprint density at radius 2 is 2.43 bits per heavy atom. The summed E-state index contributed by atoms with van der Waals surface area (Å²) in [4.78, 5) is 3.90. The molecule has 0 fully saturated rings. The van der Waals surface area contributed by atoms with Crippen molar-refractivity contribution < 1.29 is 0 Å². The lowest BCUT2D eigenvalue weighted by atomic mass is 10.5. The monoisotopic (exact) mass is 209 g/mol. The van der Waals surface area contributed by atoms with Gasteiger partial charge in [0.15, 0.2) is 0 Å². The summed E-state index contributed by atoms with van der Waals surface area (Å²) in [5.41, 5.74) is 0. The zero-order valence-electron chi connectivity index (χ0n) is 4.26. The molecule has 0 spiro atoms. The van der Waals surface area contributed by atoms with Crippen LogP contribution >= 0.6 is 22.6 Å². The molecule has 0 amide bonds. The third-order valence-electron chi connectivity index (χ3n) is 0.430. The molecule has 0 bridgehead atoms. The molecule has 0 saturated heterocycles. The number of hydrogen-bond donors (Lipinski definition) is 0. The quantitative estimate of drug-likeness (QED) is 0.489. The van der Waals surface area contributed by atoms with Crippen molar-refractivity contribution in [3.63, 3.8) is 0 Å². The Hall–Kier alpha value is 0.140. The first-order chi connectivity index (χ1) is 3.41. The smallest absolute Gasteiger partial charge is 0.0324 e. The maximum atomic E-state index is 3.90. The fourth-order valence-electron chi connectivity index (χ4n) is 0.199. The Morgan fingerprint density at radius 3 is 2.86 bits per heavy atom. The average molecular weight is 209 g/mol. The Balaban J connectivity index is 3.09. The maximum Gasteiger partial charge on any atom is 0.0324 e. The standard InChI is InChI=1S/C5H8IN/c1-2-4-7-5-3-6/h3-5H,2H2,1H3/b5-3-,7-4-. The molecule has 1 nitrogen and oxygen atoms in total. The first kappa shape index (κ1) is 7.14. The number of aliphatic imine (C=N–C) groups is 1. The van der Waals surface area contributed by atoms with Gasteiger partial charge in [0.2, 0.25) is 0 Å². The van der Waals surface area contributed by atoms with Crippen LogP contribution in [-0.2, 0) is 0 Å². The summed E-state index contributed by atoms with van der Waals surface area (Å²) >= 11 is 2.13. The number of halogens is 1. The lowest BCUT2D eigenvalue weighted by Crippen LogP contribution is -1.60. The minimum atomic E-state index is 1.01. The summed E-state index contributed by atoms with van der Waals surface area (Å²) in [5.74, 6) is 0. The fraction of sp³-hybridized carbons (Fsp3) is 0.400. The van der Waals surface area contributed by atoms with E-state index in [9.17, 15) is 0 Å². The highest BCUT2D eigenvalue weighted by molar-refractivity contribution is 14.1. The van der Waals surface area contributed by atoms with Gasteiger partial charge in [0.1, 0.15) is 0 Å². The van der Waals surface area contributed by atoms with Crippen LogP contribution in [0.25, 0.3) is 0 Å². The zero-order valence-corrected chi connectivity index (χ0v) is 6.42. The van der Waals surface area contributed by atoms with Crippen LogP contribution in [0.15, 0.2) is 15.3 Å². The highest BCUT2D eigenvalue weighted by atomic mass is 127. The van der Waals surface area contributed by atoms with E-state index in [1.165, 1.54) is 0 Å². The molecule has 7 heavy (non-hydrogen) atoms. The highest BCUT2D eigenvalue weighted by Gasteiger charge is 1.58. The average Bonchev–Trinajstić information content (AvgIpc) is 1.69. The largest absolute Gasteiger partial charge is 0.269 e. The summed E-state index contributed by atoms with van der Waals surface area (Å²) in [6.07, 6.45) is 4.65. The van der Waals surface area contributed by atoms with Crippen molar-refractivity contribution in [3.05, 3.63) is 10.3 Å². The van der Waals surface area contributed by atoms with Crippen LogP contribution in [0.2, 0.25) is 0 Å². The highest BCUT2D eigenvalue weighted by Crippen LogP contribution is 1.82. The molecule has 0 aromatic heterocycles. The van der Waals surface area contributed by atoms with Gasteiger partial charge in [-0.1, -0.05) is 29.5 Å². The van der Waals surface area contributed by atoms with Crippen molar-refractivity contribution in [2.45, 2.75) is 13.3 Å². The lowest BCUT2D eigenvalue weighted by molar-refractivity contribution is 1.31. The summed E-state index contributed by atoms with van der Waals surface area (Å²) in [5, 5.41) is 0. The third kappa shape index (κ3) is 6.14. The Labute approximate surface area is 57.7 Å². The zero-order chi connectivity index (χ0) is 5.54. The van der Waals surface area contributed by atoms with E-state index >= 15 is 0 Å². The van der Waals surface area contributed by atoms with E-state index in [1.807, 2.05) is 10.3 Å². The van der Waals surface area contributed by atoms with Crippen LogP contribution in [0.1, 0.15) is 13.3 Å². The molecular weight excluding hydrogens is 201 g/mol. The molecule has 0 unspecified atom stereocenters. The summed E-state index contributed by atoms with van der Waals surface area (Å²) in [6, 6.07) is 0. The van der Waals surface area contributed by atoms with E-state index in [0.717, 1.165) is 6.42 Å². The molecule has 0 N–H and O–H groups in total. The van der Waals surface area contributed by atoms with Gasteiger partial charge in [0, 0.05) is 12.4 Å². The van der Waals surface area contributed by atoms with Crippen molar-refractivity contribution in [1.82, 2.24) is 0 Å². The number of nitrogens with zero attached hydrogens (tertiary/aromatic N) is 1. The normalized spacial score (nSPS) is 11.7. The van der Waals surface area contributed by atoms with Crippen molar-refractivity contribution in [1.29, 1.82) is 0 Å². The molecule has 2 heteroatoms. The van der Waals surface area contributed by atoms with E-state index in [1.54, 1.807) is 6.20 Å². The molecule has 0 aromatic carbocycles. The van der Waals surface area contributed by atoms with Crippen molar-refractivity contribution in [2.75, 3.05) is 0 Å². The number of rotatable bonds is 2. The summed E-state index contributed by atoms with van der Waals surface area (Å²) in [7, 11) is 0. The molecule has 0 saturated carbocycles. The summed E-state index contributed by atoms with van der Waals surface area (Å²) < 4.78 is 1.88. The summed E-state index contributed by atoms with van der Waals surface area (Å²) in [6.45, 7) is 2.06. The van der Waals surface area contributed by atoms with E-state index in [-0.39, 0.29) is 0 Å². The topological polar surface area (TPSA) is 12.4 Å². The van der Waals surface area contributed by atoms with Gasteiger partial charge in [-0.15, -0.1) is 0 Å². The first-order valence-electron chi connectivity index (χ1n) is 2.18. The second-order valence-electron chi connectivity index (χ2n) is 1.01. The van der Waals surface area contributed by atoms with E-state index in [4.69, 9.17) is 0 Å². The van der Waals surface area contributed by atoms with Crippen molar-refractivity contribution in [2.24, 2.45) is 4.99 Å². The molecule has 0 aliphatic heterocycles. The van der Waals surface area contributed by atoms with Gasteiger partial charge < -0.3 is 0 Å². The van der Waals surface area contributed by atoms with Gasteiger partial charge in [-0.2, -0.15) is 0 Å². The molecule has 0 rings (SSSR count). The van der Waals surface area contributed by atoms with Crippen LogP contribution in [0.4, 0.5) is 0 Å². The minimum Gasteiger partial charge on any atom is -0.269 e. The van der Waals surface area contributed by atoms with E-state index < -0.39 is 0 Å². The van der Waals surface area contributed by atoms with Crippen LogP contribution in [0.3, 0.4) is 0 Å². The molecule has 40 valence electrons. The second-order valence-corrected chi connectivity index (χ2v) is 1.73. The van der Waals surface area contributed by atoms with Gasteiger partial charge in [0.05, 0.1) is 0 Å². The maximum absolute atomic E-state index is 3.90. The number of hydrogen-bond acceptors (Lipinski definition) is 1. The van der Waals surface area contributed by atoms with E-state index in [2.05, 4.69) is 34.5 Å². The molecule has 0 aromatic rings.